The minimum absolute atomic E-state index is 0.242. The Hall–Kier alpha value is -3.93. The summed E-state index contributed by atoms with van der Waals surface area (Å²) in [6.45, 7) is 5.63. The van der Waals surface area contributed by atoms with Crippen molar-refractivity contribution in [3.63, 3.8) is 0 Å². The number of anilines is 1. The van der Waals surface area contributed by atoms with E-state index in [4.69, 9.17) is 0 Å². The Morgan fingerprint density at radius 2 is 1.78 bits per heavy atom. The lowest BCUT2D eigenvalue weighted by atomic mass is 10.0. The van der Waals surface area contributed by atoms with E-state index in [2.05, 4.69) is 15.5 Å². The van der Waals surface area contributed by atoms with Gasteiger partial charge in [0.25, 0.3) is 10.0 Å². The molecule has 0 saturated heterocycles. The van der Waals surface area contributed by atoms with E-state index in [1.807, 2.05) is 4.72 Å². The van der Waals surface area contributed by atoms with Crippen molar-refractivity contribution in [3.8, 4) is 0 Å². The summed E-state index contributed by atoms with van der Waals surface area (Å²) in [4.78, 5) is 28.2. The topological polar surface area (TPSA) is 127 Å². The molecule has 0 saturated carbocycles. The number of hydrogen-bond acceptors (Lipinski definition) is 7. The Morgan fingerprint density at radius 3 is 2.39 bits per heavy atom. The summed E-state index contributed by atoms with van der Waals surface area (Å²) in [7, 11) is -4.23. The minimum atomic E-state index is -4.23. The van der Waals surface area contributed by atoms with E-state index in [-0.39, 0.29) is 12.2 Å². The van der Waals surface area contributed by atoms with Gasteiger partial charge in [-0.05, 0) is 67.1 Å². The Kier molecular flexibility index (Phi) is 8.64. The number of amides is 2. The Morgan fingerprint density at radius 1 is 1.11 bits per heavy atom. The number of carbonyl (C=O) groups excluding carboxylic acids is 2. The largest absolute Gasteiger partial charge is 0.309 e. The summed E-state index contributed by atoms with van der Waals surface area (Å²) in [5.74, 6) is -3.43. The lowest BCUT2D eigenvalue weighted by Gasteiger charge is -2.30. The zero-order valence-corrected chi connectivity index (χ0v) is 20.9. The van der Waals surface area contributed by atoms with Gasteiger partial charge in [0.05, 0.1) is 5.41 Å². The fraction of sp³-hybridized carbons (Fsp3) is 0.292. The third-order valence-corrected chi connectivity index (χ3v) is 6.23. The van der Waals surface area contributed by atoms with Crippen molar-refractivity contribution in [1.29, 1.82) is 0 Å². The normalized spacial score (nSPS) is 12.6. The molecule has 1 N–H and O–H groups in total. The number of aromatic nitrogens is 4. The predicted octanol–water partition coefficient (Wildman–Crippen LogP) is 2.55. The number of sulfonamides is 1. The van der Waals surface area contributed by atoms with Crippen LogP contribution < -0.4 is 9.62 Å². The summed E-state index contributed by atoms with van der Waals surface area (Å²) < 4.78 is 42.2. The van der Waals surface area contributed by atoms with Gasteiger partial charge >= 0.3 is 0 Å². The molecule has 10 nitrogen and oxygen atoms in total. The molecule has 0 bridgehead atoms. The lowest BCUT2D eigenvalue weighted by molar-refractivity contribution is -0.132. The maximum Gasteiger partial charge on any atom is 0.257 e. The number of nitrogens with one attached hydrogen (secondary N) is 1. The predicted molar refractivity (Wildman–Crippen MR) is 132 cm³/mol. The van der Waals surface area contributed by atoms with E-state index in [1.54, 1.807) is 51.1 Å². The highest BCUT2D eigenvalue weighted by atomic mass is 32.2. The van der Waals surface area contributed by atoms with Gasteiger partial charge in [-0.1, -0.05) is 30.3 Å². The first-order valence-corrected chi connectivity index (χ1v) is 12.8. The molecular formula is C24H27FN6O4S. The number of aryl methyl sites for hydroxylation is 1. The highest BCUT2D eigenvalue weighted by molar-refractivity contribution is 7.93. The van der Waals surface area contributed by atoms with Gasteiger partial charge in [0, 0.05) is 24.7 Å². The quantitative estimate of drug-likeness (QED) is 0.412. The van der Waals surface area contributed by atoms with Crippen molar-refractivity contribution < 1.29 is 22.4 Å². The van der Waals surface area contributed by atoms with Crippen LogP contribution in [0, 0.1) is 11.7 Å². The first-order valence-electron chi connectivity index (χ1n) is 11.2. The molecule has 0 radical (unpaired) electrons. The monoisotopic (exact) mass is 514 g/mol. The molecule has 12 heteroatoms. The second kappa shape index (κ2) is 11.7. The average molecular weight is 515 g/mol. The Labute approximate surface area is 208 Å². The number of halogens is 1. The molecule has 0 spiro atoms. The van der Waals surface area contributed by atoms with Crippen LogP contribution >= 0.6 is 0 Å². The SMILES string of the molecule is CCn1nnnc1CC(C(=O)NS(=O)(=O)/C=C/c1ccccc1)C(=O)N(c1ccc(F)cc1)C(C)C. The van der Waals surface area contributed by atoms with Gasteiger partial charge in [0.1, 0.15) is 11.7 Å². The third-order valence-electron chi connectivity index (χ3n) is 5.25. The zero-order chi connectivity index (χ0) is 26.3. The van der Waals surface area contributed by atoms with E-state index >= 15 is 0 Å². The van der Waals surface area contributed by atoms with E-state index in [1.165, 1.54) is 39.9 Å². The van der Waals surface area contributed by atoms with Gasteiger partial charge in [0.15, 0.2) is 5.82 Å². The minimum Gasteiger partial charge on any atom is -0.309 e. The molecular weight excluding hydrogens is 487 g/mol. The molecule has 3 aromatic rings. The number of hydrogen-bond donors (Lipinski definition) is 1. The van der Waals surface area contributed by atoms with Crippen molar-refractivity contribution in [3.05, 3.63) is 77.2 Å². The number of benzene rings is 2. The van der Waals surface area contributed by atoms with Crippen molar-refractivity contribution in [2.75, 3.05) is 4.90 Å². The van der Waals surface area contributed by atoms with E-state index in [0.717, 1.165) is 5.41 Å². The summed E-state index contributed by atoms with van der Waals surface area (Å²) in [5, 5.41) is 12.2. The van der Waals surface area contributed by atoms with Crippen LogP contribution in [-0.4, -0.2) is 46.5 Å². The van der Waals surface area contributed by atoms with Gasteiger partial charge in [-0.2, -0.15) is 0 Å². The van der Waals surface area contributed by atoms with Crippen LogP contribution in [0.3, 0.4) is 0 Å². The van der Waals surface area contributed by atoms with Crippen LogP contribution in [0.5, 0.6) is 0 Å². The van der Waals surface area contributed by atoms with Crippen molar-refractivity contribution in [2.45, 2.75) is 39.8 Å². The maximum absolute atomic E-state index is 13.7. The summed E-state index contributed by atoms with van der Waals surface area (Å²) in [5.41, 5.74) is 0.975. The van der Waals surface area contributed by atoms with E-state index < -0.39 is 39.6 Å². The molecule has 190 valence electrons. The van der Waals surface area contributed by atoms with Crippen LogP contribution in [0.1, 0.15) is 32.2 Å². The van der Waals surface area contributed by atoms with Crippen LogP contribution in [0.2, 0.25) is 0 Å². The molecule has 1 atom stereocenters. The van der Waals surface area contributed by atoms with Gasteiger partial charge in [0.2, 0.25) is 11.8 Å². The number of carbonyl (C=O) groups is 2. The first-order chi connectivity index (χ1) is 17.1. The fourth-order valence-electron chi connectivity index (χ4n) is 3.52. The first kappa shape index (κ1) is 26.7. The zero-order valence-electron chi connectivity index (χ0n) is 20.1. The molecule has 1 heterocycles. The number of nitrogens with zero attached hydrogens (tertiary/aromatic N) is 5. The summed E-state index contributed by atoms with van der Waals surface area (Å²) in [6.07, 6.45) is 1.09. The van der Waals surface area contributed by atoms with E-state index in [0.29, 0.717) is 17.8 Å². The molecule has 2 amide bonds. The molecule has 0 aliphatic rings. The van der Waals surface area contributed by atoms with Gasteiger partial charge in [-0.25, -0.2) is 22.2 Å². The van der Waals surface area contributed by atoms with Crippen molar-refractivity contribution >= 4 is 33.6 Å². The van der Waals surface area contributed by atoms with Crippen LogP contribution in [-0.2, 0) is 32.6 Å². The van der Waals surface area contributed by atoms with Crippen LogP contribution in [0.25, 0.3) is 6.08 Å². The van der Waals surface area contributed by atoms with E-state index in [9.17, 15) is 22.4 Å². The molecule has 0 fully saturated rings. The number of rotatable bonds is 10. The smallest absolute Gasteiger partial charge is 0.257 e. The van der Waals surface area contributed by atoms with Gasteiger partial charge < -0.3 is 4.90 Å². The van der Waals surface area contributed by atoms with Gasteiger partial charge in [-0.3, -0.25) is 9.59 Å². The molecule has 1 aromatic heterocycles. The standard InChI is InChI=1S/C24H27FN6O4S/c1-4-30-22(26-28-29-30)16-21(24(33)31(17(2)3)20-12-10-19(25)11-13-20)23(32)27-36(34,35)15-14-18-8-6-5-7-9-18/h5-15,17,21H,4,16H2,1-3H3,(H,27,32)/b15-14+. The Bertz CT molecular complexity index is 1320. The van der Waals surface area contributed by atoms with Crippen LogP contribution in [0.4, 0.5) is 10.1 Å². The highest BCUT2D eigenvalue weighted by Crippen LogP contribution is 2.22. The summed E-state index contributed by atoms with van der Waals surface area (Å²) >= 11 is 0. The molecule has 0 aliphatic carbocycles. The molecule has 0 aliphatic heterocycles. The lowest BCUT2D eigenvalue weighted by Crippen LogP contribution is -2.48. The molecule has 3 rings (SSSR count). The molecule has 36 heavy (non-hydrogen) atoms. The number of tetrazole rings is 1. The van der Waals surface area contributed by atoms with Gasteiger partial charge in [-0.15, -0.1) is 5.10 Å². The average Bonchev–Trinajstić information content (AvgIpc) is 3.30. The Balaban J connectivity index is 1.93. The molecule has 2 aromatic carbocycles. The van der Waals surface area contributed by atoms with Crippen molar-refractivity contribution in [2.24, 2.45) is 5.92 Å². The van der Waals surface area contributed by atoms with Crippen molar-refractivity contribution in [1.82, 2.24) is 24.9 Å². The molecule has 1 unspecified atom stereocenters. The third kappa shape index (κ3) is 6.81. The van der Waals surface area contributed by atoms with Crippen LogP contribution in [0.15, 0.2) is 60.0 Å². The maximum atomic E-state index is 13.7. The fourth-order valence-corrected chi connectivity index (χ4v) is 4.34. The second-order valence-corrected chi connectivity index (χ2v) is 9.74. The summed E-state index contributed by atoms with van der Waals surface area (Å²) in [6, 6.07) is 13.5. The second-order valence-electron chi connectivity index (χ2n) is 8.17. The highest BCUT2D eigenvalue weighted by Gasteiger charge is 2.36.